The van der Waals surface area contributed by atoms with Crippen LogP contribution >= 0.6 is 11.8 Å². The number of amides is 1. The molecule has 3 N–H and O–H groups in total. The molecule has 6 nitrogen and oxygen atoms in total. The molecule has 1 amide bonds. The molecule has 0 atom stereocenters. The van der Waals surface area contributed by atoms with Gasteiger partial charge in [-0.2, -0.15) is 0 Å². The normalized spacial score (nSPS) is 10.4. The van der Waals surface area contributed by atoms with Gasteiger partial charge >= 0.3 is 0 Å². The smallest absolute Gasteiger partial charge is 0.221 e. The van der Waals surface area contributed by atoms with E-state index in [1.807, 2.05) is 36.6 Å². The molecule has 0 aliphatic heterocycles. The van der Waals surface area contributed by atoms with Gasteiger partial charge in [0.15, 0.2) is 11.5 Å². The molecule has 0 radical (unpaired) electrons. The molecule has 146 valence electrons. The highest BCUT2D eigenvalue weighted by Gasteiger charge is 2.07. The molecule has 0 aliphatic carbocycles. The third kappa shape index (κ3) is 7.40. The number of methoxy groups -OCH3 is 1. The molecular formula is C20H26N2O4S. The summed E-state index contributed by atoms with van der Waals surface area (Å²) in [5.41, 5.74) is 6.01. The molecule has 2 rings (SSSR count). The Morgan fingerprint density at radius 3 is 2.37 bits per heavy atom. The highest BCUT2D eigenvalue weighted by Crippen LogP contribution is 2.28. The maximum Gasteiger partial charge on any atom is 0.221 e. The second-order valence-corrected chi connectivity index (χ2v) is 6.63. The van der Waals surface area contributed by atoms with Gasteiger partial charge < -0.3 is 25.3 Å². The minimum Gasteiger partial charge on any atom is -0.493 e. The number of hydrogen-bond acceptors (Lipinski definition) is 6. The summed E-state index contributed by atoms with van der Waals surface area (Å²) in [6.45, 7) is 2.49. The maximum absolute atomic E-state index is 11.0. The van der Waals surface area contributed by atoms with Crippen molar-refractivity contribution < 1.29 is 19.0 Å². The summed E-state index contributed by atoms with van der Waals surface area (Å²) in [4.78, 5) is 12.2. The Kier molecular flexibility index (Phi) is 8.80. The third-order valence-electron chi connectivity index (χ3n) is 3.75. The van der Waals surface area contributed by atoms with Gasteiger partial charge in [-0.05, 0) is 48.2 Å². The summed E-state index contributed by atoms with van der Waals surface area (Å²) >= 11 is 1.71. The number of primary amides is 1. The van der Waals surface area contributed by atoms with Crippen LogP contribution in [0.2, 0.25) is 0 Å². The quantitative estimate of drug-likeness (QED) is 0.428. The average molecular weight is 391 g/mol. The molecule has 27 heavy (non-hydrogen) atoms. The summed E-state index contributed by atoms with van der Waals surface area (Å²) in [7, 11) is 1.57. The lowest BCUT2D eigenvalue weighted by Crippen LogP contribution is -2.26. The second kappa shape index (κ2) is 11.4. The first-order chi connectivity index (χ1) is 13.1. The fraction of sp³-hybridized carbons (Fsp3) is 0.350. The van der Waals surface area contributed by atoms with E-state index in [0.29, 0.717) is 31.3 Å². The van der Waals surface area contributed by atoms with Gasteiger partial charge in [0.1, 0.15) is 19.0 Å². The number of rotatable bonds is 12. The largest absolute Gasteiger partial charge is 0.493 e. The summed E-state index contributed by atoms with van der Waals surface area (Å²) in [6, 6.07) is 13.4. The van der Waals surface area contributed by atoms with E-state index in [-0.39, 0.29) is 12.3 Å². The van der Waals surface area contributed by atoms with Gasteiger partial charge in [-0.3, -0.25) is 4.79 Å². The molecule has 0 aromatic heterocycles. The van der Waals surface area contributed by atoms with Crippen LogP contribution < -0.4 is 25.3 Å². The topological polar surface area (TPSA) is 82.8 Å². The monoisotopic (exact) mass is 390 g/mol. The van der Waals surface area contributed by atoms with Gasteiger partial charge in [0.05, 0.1) is 13.5 Å². The lowest BCUT2D eigenvalue weighted by atomic mass is 10.1. The molecule has 7 heteroatoms. The van der Waals surface area contributed by atoms with Crippen molar-refractivity contribution in [3.8, 4) is 17.2 Å². The Hall–Kier alpha value is -2.38. The van der Waals surface area contributed by atoms with Crippen LogP contribution in [0.25, 0.3) is 0 Å². The highest BCUT2D eigenvalue weighted by atomic mass is 32.2. The average Bonchev–Trinajstić information content (AvgIpc) is 2.68. The predicted molar refractivity (Wildman–Crippen MR) is 108 cm³/mol. The molecule has 0 unspecified atom stereocenters. The fourth-order valence-corrected chi connectivity index (χ4v) is 2.82. The first-order valence-electron chi connectivity index (χ1n) is 8.68. The van der Waals surface area contributed by atoms with Crippen LogP contribution in [-0.2, 0) is 11.2 Å². The van der Waals surface area contributed by atoms with E-state index in [9.17, 15) is 4.79 Å². The third-order valence-corrected chi connectivity index (χ3v) is 4.49. The lowest BCUT2D eigenvalue weighted by molar-refractivity contribution is -0.117. The standard InChI is InChI=1S/C20H26N2O4S/c1-24-19-13-15(14-20(21)23)3-8-18(19)26-12-10-22-9-11-25-16-4-6-17(27-2)7-5-16/h3-8,13,22H,9-12,14H2,1-2H3,(H2,21,23). The predicted octanol–water partition coefficient (Wildman–Crippen LogP) is 2.49. The number of hydrogen-bond donors (Lipinski definition) is 2. The number of ether oxygens (including phenoxy) is 3. The van der Waals surface area contributed by atoms with Crippen LogP contribution in [0.4, 0.5) is 0 Å². The van der Waals surface area contributed by atoms with Gasteiger partial charge in [0.2, 0.25) is 5.91 Å². The molecule has 0 spiro atoms. The lowest BCUT2D eigenvalue weighted by Gasteiger charge is -2.12. The van der Waals surface area contributed by atoms with Crippen molar-refractivity contribution in [1.82, 2.24) is 5.32 Å². The van der Waals surface area contributed by atoms with Gasteiger partial charge in [0, 0.05) is 18.0 Å². The number of carbonyl (C=O) groups excluding carboxylic acids is 1. The van der Waals surface area contributed by atoms with Crippen molar-refractivity contribution in [2.75, 3.05) is 39.7 Å². The van der Waals surface area contributed by atoms with Gasteiger partial charge in [-0.1, -0.05) is 6.07 Å². The second-order valence-electron chi connectivity index (χ2n) is 5.75. The zero-order chi connectivity index (χ0) is 19.5. The highest BCUT2D eigenvalue weighted by molar-refractivity contribution is 7.98. The molecule has 0 saturated heterocycles. The Bertz CT molecular complexity index is 722. The van der Waals surface area contributed by atoms with Crippen LogP contribution in [0.1, 0.15) is 5.56 Å². The minimum atomic E-state index is -0.377. The van der Waals surface area contributed by atoms with E-state index >= 15 is 0 Å². The Morgan fingerprint density at radius 1 is 1.04 bits per heavy atom. The molecule has 0 aliphatic rings. The van der Waals surface area contributed by atoms with E-state index in [1.54, 1.807) is 31.0 Å². The first-order valence-corrected chi connectivity index (χ1v) is 9.90. The van der Waals surface area contributed by atoms with Crippen molar-refractivity contribution in [3.63, 3.8) is 0 Å². The number of nitrogens with two attached hydrogens (primary N) is 1. The van der Waals surface area contributed by atoms with Crippen molar-refractivity contribution in [2.45, 2.75) is 11.3 Å². The SMILES string of the molecule is COc1cc(CC(N)=O)ccc1OCCNCCOc1ccc(SC)cc1. The maximum atomic E-state index is 11.0. The number of carbonyl (C=O) groups is 1. The first kappa shape index (κ1) is 20.9. The fourth-order valence-electron chi connectivity index (χ4n) is 2.41. The number of nitrogens with one attached hydrogen (secondary N) is 1. The molecular weight excluding hydrogens is 364 g/mol. The van der Waals surface area contributed by atoms with Crippen molar-refractivity contribution >= 4 is 17.7 Å². The minimum absolute atomic E-state index is 0.179. The summed E-state index contributed by atoms with van der Waals surface area (Å²) in [6.07, 6.45) is 2.23. The summed E-state index contributed by atoms with van der Waals surface area (Å²) < 4.78 is 16.7. The zero-order valence-corrected chi connectivity index (χ0v) is 16.5. The van der Waals surface area contributed by atoms with Gasteiger partial charge in [-0.25, -0.2) is 0 Å². The van der Waals surface area contributed by atoms with Crippen LogP contribution in [0, 0.1) is 0 Å². The van der Waals surface area contributed by atoms with E-state index in [0.717, 1.165) is 17.9 Å². The van der Waals surface area contributed by atoms with E-state index in [1.165, 1.54) is 4.90 Å². The molecule has 0 heterocycles. The van der Waals surface area contributed by atoms with Crippen molar-refractivity contribution in [2.24, 2.45) is 5.73 Å². The molecule has 0 saturated carbocycles. The Morgan fingerprint density at radius 2 is 1.74 bits per heavy atom. The summed E-state index contributed by atoms with van der Waals surface area (Å²) in [5, 5.41) is 3.27. The van der Waals surface area contributed by atoms with E-state index in [4.69, 9.17) is 19.9 Å². The van der Waals surface area contributed by atoms with Gasteiger partial charge in [0.25, 0.3) is 0 Å². The molecule has 2 aromatic carbocycles. The molecule has 0 bridgehead atoms. The van der Waals surface area contributed by atoms with Crippen molar-refractivity contribution in [1.29, 1.82) is 0 Å². The van der Waals surface area contributed by atoms with Crippen LogP contribution in [0.15, 0.2) is 47.4 Å². The zero-order valence-electron chi connectivity index (χ0n) is 15.7. The van der Waals surface area contributed by atoms with Crippen LogP contribution in [0.3, 0.4) is 0 Å². The summed E-state index contributed by atoms with van der Waals surface area (Å²) in [5.74, 6) is 1.72. The number of thioether (sulfide) groups is 1. The molecule has 2 aromatic rings. The Labute approximate surface area is 164 Å². The molecule has 0 fully saturated rings. The van der Waals surface area contributed by atoms with Gasteiger partial charge in [-0.15, -0.1) is 11.8 Å². The van der Waals surface area contributed by atoms with Crippen LogP contribution in [0.5, 0.6) is 17.2 Å². The van der Waals surface area contributed by atoms with Crippen molar-refractivity contribution in [3.05, 3.63) is 48.0 Å². The van der Waals surface area contributed by atoms with E-state index < -0.39 is 0 Å². The van der Waals surface area contributed by atoms with Crippen LogP contribution in [-0.4, -0.2) is 45.6 Å². The number of benzene rings is 2. The van der Waals surface area contributed by atoms with E-state index in [2.05, 4.69) is 5.32 Å². The Balaban J connectivity index is 1.65.